The fourth-order valence-corrected chi connectivity index (χ4v) is 3.49. The number of hydrogen-bond acceptors (Lipinski definition) is 3. The van der Waals surface area contributed by atoms with Crippen molar-refractivity contribution in [3.8, 4) is 0 Å². The normalized spacial score (nSPS) is 12.4. The molecule has 1 aromatic carbocycles. The van der Waals surface area contributed by atoms with E-state index in [1.165, 1.54) is 5.56 Å². The van der Waals surface area contributed by atoms with E-state index >= 15 is 0 Å². The van der Waals surface area contributed by atoms with Crippen molar-refractivity contribution in [2.45, 2.75) is 24.1 Å². The maximum atomic E-state index is 6.24. The van der Waals surface area contributed by atoms with Gasteiger partial charge in [-0.15, -0.1) is 0 Å². The summed E-state index contributed by atoms with van der Waals surface area (Å²) in [7, 11) is 0. The third-order valence-electron chi connectivity index (χ3n) is 2.80. The zero-order valence-electron chi connectivity index (χ0n) is 11.1. The molecule has 0 aliphatic rings. The van der Waals surface area contributed by atoms with E-state index in [0.717, 1.165) is 21.3 Å². The van der Waals surface area contributed by atoms with Gasteiger partial charge in [0.25, 0.3) is 0 Å². The molecule has 19 heavy (non-hydrogen) atoms. The van der Waals surface area contributed by atoms with E-state index in [0.29, 0.717) is 6.54 Å². The van der Waals surface area contributed by atoms with Crippen molar-refractivity contribution in [2.24, 2.45) is 5.73 Å². The minimum atomic E-state index is 0.127. The average molecular weight is 293 g/mol. The summed E-state index contributed by atoms with van der Waals surface area (Å²) in [5.41, 5.74) is 9.20. The number of halogens is 1. The highest BCUT2D eigenvalue weighted by Crippen LogP contribution is 2.36. The summed E-state index contributed by atoms with van der Waals surface area (Å²) < 4.78 is 0. The smallest absolute Gasteiger partial charge is 0.0972 e. The number of thioether (sulfide) groups is 1. The van der Waals surface area contributed by atoms with E-state index in [1.807, 2.05) is 31.2 Å². The van der Waals surface area contributed by atoms with Gasteiger partial charge in [0.1, 0.15) is 0 Å². The topological polar surface area (TPSA) is 38.9 Å². The molecule has 2 aromatic rings. The highest BCUT2D eigenvalue weighted by Gasteiger charge is 2.15. The van der Waals surface area contributed by atoms with Crippen molar-refractivity contribution >= 4 is 23.4 Å². The van der Waals surface area contributed by atoms with Gasteiger partial charge in [0, 0.05) is 22.5 Å². The van der Waals surface area contributed by atoms with Gasteiger partial charge < -0.3 is 5.73 Å². The van der Waals surface area contributed by atoms with E-state index in [1.54, 1.807) is 11.8 Å². The van der Waals surface area contributed by atoms with Crippen molar-refractivity contribution < 1.29 is 0 Å². The molecule has 0 spiro atoms. The molecule has 1 unspecified atom stereocenters. The lowest BCUT2D eigenvalue weighted by Crippen LogP contribution is -2.10. The monoisotopic (exact) mass is 292 g/mol. The van der Waals surface area contributed by atoms with E-state index in [9.17, 15) is 0 Å². The van der Waals surface area contributed by atoms with Crippen molar-refractivity contribution in [3.05, 3.63) is 58.2 Å². The summed E-state index contributed by atoms with van der Waals surface area (Å²) >= 11 is 7.90. The van der Waals surface area contributed by atoms with Crippen LogP contribution in [0.2, 0.25) is 5.02 Å². The lowest BCUT2D eigenvalue weighted by atomic mass is 10.1. The number of hydrogen-bond donors (Lipinski definition) is 1. The predicted molar refractivity (Wildman–Crippen MR) is 82.8 cm³/mol. The molecule has 0 bridgehead atoms. The Morgan fingerprint density at radius 2 is 2.00 bits per heavy atom. The van der Waals surface area contributed by atoms with Gasteiger partial charge in [-0.25, -0.2) is 4.98 Å². The molecule has 1 atom stereocenters. The van der Waals surface area contributed by atoms with Crippen LogP contribution < -0.4 is 5.73 Å². The van der Waals surface area contributed by atoms with Crippen LogP contribution in [0.3, 0.4) is 0 Å². The van der Waals surface area contributed by atoms with Crippen LogP contribution in [0.15, 0.2) is 41.4 Å². The fraction of sp³-hybridized carbons (Fsp3) is 0.267. The predicted octanol–water partition coefficient (Wildman–Crippen LogP) is 4.14. The molecule has 0 saturated carbocycles. The lowest BCUT2D eigenvalue weighted by molar-refractivity contribution is 0.931. The summed E-state index contributed by atoms with van der Waals surface area (Å²) in [4.78, 5) is 4.54. The summed E-state index contributed by atoms with van der Waals surface area (Å²) in [6, 6.07) is 12.0. The molecular formula is C15H17ClN2S. The van der Waals surface area contributed by atoms with E-state index in [-0.39, 0.29) is 5.25 Å². The van der Waals surface area contributed by atoms with E-state index in [2.05, 4.69) is 24.0 Å². The number of nitrogens with zero attached hydrogens (tertiary/aromatic N) is 1. The van der Waals surface area contributed by atoms with E-state index in [4.69, 9.17) is 17.3 Å². The van der Waals surface area contributed by atoms with Crippen LogP contribution in [0.4, 0.5) is 0 Å². The molecule has 0 aliphatic carbocycles. The van der Waals surface area contributed by atoms with Gasteiger partial charge in [-0.3, -0.25) is 0 Å². The van der Waals surface area contributed by atoms with Gasteiger partial charge in [0.05, 0.1) is 5.03 Å². The standard InChI is InChI=1S/C15H17ClN2S/c1-10-7-11(2)18-15(8-10)19-14(9-17)12-5-3-4-6-13(12)16/h3-8,14H,9,17H2,1-2H3. The Balaban J connectivity index is 2.26. The molecule has 0 saturated heterocycles. The Morgan fingerprint density at radius 1 is 1.26 bits per heavy atom. The molecule has 2 rings (SSSR count). The van der Waals surface area contributed by atoms with Gasteiger partial charge in [0.15, 0.2) is 0 Å². The highest BCUT2D eigenvalue weighted by molar-refractivity contribution is 7.99. The number of rotatable bonds is 4. The Morgan fingerprint density at radius 3 is 2.63 bits per heavy atom. The molecule has 0 amide bonds. The fourth-order valence-electron chi connectivity index (χ4n) is 1.99. The second-order valence-electron chi connectivity index (χ2n) is 4.49. The third kappa shape index (κ3) is 3.72. The first-order valence-electron chi connectivity index (χ1n) is 6.16. The van der Waals surface area contributed by atoms with E-state index < -0.39 is 0 Å². The van der Waals surface area contributed by atoms with Crippen molar-refractivity contribution in [1.29, 1.82) is 0 Å². The van der Waals surface area contributed by atoms with Crippen LogP contribution in [0.1, 0.15) is 22.1 Å². The van der Waals surface area contributed by atoms with Gasteiger partial charge in [-0.1, -0.05) is 41.6 Å². The number of benzene rings is 1. The second-order valence-corrected chi connectivity index (χ2v) is 6.12. The molecule has 4 heteroatoms. The van der Waals surface area contributed by atoms with Crippen LogP contribution in [0, 0.1) is 13.8 Å². The maximum Gasteiger partial charge on any atom is 0.0972 e. The first-order chi connectivity index (χ1) is 9.10. The maximum absolute atomic E-state index is 6.24. The molecule has 0 aliphatic heterocycles. The minimum Gasteiger partial charge on any atom is -0.329 e. The number of pyridine rings is 1. The Hall–Kier alpha value is -1.03. The quantitative estimate of drug-likeness (QED) is 0.861. The highest BCUT2D eigenvalue weighted by atomic mass is 35.5. The second kappa shape index (κ2) is 6.42. The molecule has 100 valence electrons. The summed E-state index contributed by atoms with van der Waals surface area (Å²) in [6.07, 6.45) is 0. The number of aromatic nitrogens is 1. The zero-order valence-corrected chi connectivity index (χ0v) is 12.6. The molecule has 0 fully saturated rings. The van der Waals surface area contributed by atoms with Crippen LogP contribution >= 0.6 is 23.4 Å². The van der Waals surface area contributed by atoms with Crippen LogP contribution in [-0.2, 0) is 0 Å². The molecular weight excluding hydrogens is 276 g/mol. The summed E-state index contributed by atoms with van der Waals surface area (Å²) in [6.45, 7) is 4.61. The van der Waals surface area contributed by atoms with Gasteiger partial charge in [0.2, 0.25) is 0 Å². The zero-order chi connectivity index (χ0) is 13.8. The number of aryl methyl sites for hydroxylation is 2. The first-order valence-corrected chi connectivity index (χ1v) is 7.42. The Labute approximate surface area is 123 Å². The Kier molecular flexibility index (Phi) is 4.86. The van der Waals surface area contributed by atoms with Crippen LogP contribution in [0.5, 0.6) is 0 Å². The minimum absolute atomic E-state index is 0.127. The third-order valence-corrected chi connectivity index (χ3v) is 4.33. The van der Waals surface area contributed by atoms with Gasteiger partial charge in [-0.2, -0.15) is 0 Å². The molecule has 1 aromatic heterocycles. The van der Waals surface area contributed by atoms with Crippen molar-refractivity contribution in [3.63, 3.8) is 0 Å². The van der Waals surface area contributed by atoms with Gasteiger partial charge >= 0.3 is 0 Å². The SMILES string of the molecule is Cc1cc(C)nc(SC(CN)c2ccccc2Cl)c1. The molecule has 0 radical (unpaired) electrons. The molecule has 2 N–H and O–H groups in total. The molecule has 2 nitrogen and oxygen atoms in total. The van der Waals surface area contributed by atoms with Crippen molar-refractivity contribution in [1.82, 2.24) is 4.98 Å². The summed E-state index contributed by atoms with van der Waals surface area (Å²) in [5.74, 6) is 0. The largest absolute Gasteiger partial charge is 0.329 e. The van der Waals surface area contributed by atoms with Crippen molar-refractivity contribution in [2.75, 3.05) is 6.54 Å². The molecule has 1 heterocycles. The van der Waals surface area contributed by atoms with Crippen LogP contribution in [0.25, 0.3) is 0 Å². The number of nitrogens with two attached hydrogens (primary N) is 1. The van der Waals surface area contributed by atoms with Gasteiger partial charge in [-0.05, 0) is 43.2 Å². The summed E-state index contributed by atoms with van der Waals surface area (Å²) in [5, 5.41) is 1.88. The average Bonchev–Trinajstić information content (AvgIpc) is 2.36. The van der Waals surface area contributed by atoms with Crippen LogP contribution in [-0.4, -0.2) is 11.5 Å². The Bertz CT molecular complexity index is 552. The lowest BCUT2D eigenvalue weighted by Gasteiger charge is -2.16. The first kappa shape index (κ1) is 14.4.